The fraction of sp³-hybridized carbons (Fsp3) is 0.214. The van der Waals surface area contributed by atoms with Crippen molar-refractivity contribution in [2.75, 3.05) is 0 Å². The maximum Gasteiger partial charge on any atom is 0.127 e. The van der Waals surface area contributed by atoms with Gasteiger partial charge in [-0.25, -0.2) is 0 Å². The number of hydrogen-bond donors (Lipinski definition) is 2. The van der Waals surface area contributed by atoms with Crippen LogP contribution < -0.4 is 0 Å². The van der Waals surface area contributed by atoms with Crippen molar-refractivity contribution in [3.63, 3.8) is 0 Å². The van der Waals surface area contributed by atoms with Crippen LogP contribution in [0.2, 0.25) is 0 Å². The first kappa shape index (κ1) is 11.5. The van der Waals surface area contributed by atoms with Gasteiger partial charge >= 0.3 is 0 Å². The monoisotopic (exact) mass is 229 g/mol. The number of phenols is 2. The molecule has 0 unspecified atom stereocenters. The molecule has 2 aromatic rings. The first-order valence-electron chi connectivity index (χ1n) is 5.56. The lowest BCUT2D eigenvalue weighted by Crippen LogP contribution is -1.90. The highest BCUT2D eigenvalue weighted by Gasteiger charge is 2.12. The van der Waals surface area contributed by atoms with Crippen molar-refractivity contribution in [2.45, 2.75) is 19.8 Å². The molecule has 0 saturated heterocycles. The molecule has 0 spiro atoms. The average Bonchev–Trinajstić information content (AvgIpc) is 2.29. The second-order valence-corrected chi connectivity index (χ2v) is 4.32. The first-order chi connectivity index (χ1) is 8.09. The van der Waals surface area contributed by atoms with E-state index in [-0.39, 0.29) is 17.4 Å². The van der Waals surface area contributed by atoms with Gasteiger partial charge in [0.2, 0.25) is 0 Å². The summed E-state index contributed by atoms with van der Waals surface area (Å²) >= 11 is 0. The van der Waals surface area contributed by atoms with E-state index in [1.54, 1.807) is 12.4 Å². The molecule has 3 heteroatoms. The van der Waals surface area contributed by atoms with E-state index in [4.69, 9.17) is 0 Å². The van der Waals surface area contributed by atoms with Crippen LogP contribution in [0.5, 0.6) is 11.5 Å². The molecule has 0 aliphatic heterocycles. The predicted octanol–water partition coefficient (Wildman–Crippen LogP) is 3.28. The molecule has 2 rings (SSSR count). The van der Waals surface area contributed by atoms with Gasteiger partial charge in [0.05, 0.1) is 0 Å². The Morgan fingerprint density at radius 1 is 1.12 bits per heavy atom. The van der Waals surface area contributed by atoms with E-state index >= 15 is 0 Å². The summed E-state index contributed by atoms with van der Waals surface area (Å²) in [6.45, 7) is 4.00. The minimum Gasteiger partial charge on any atom is -0.508 e. The molecule has 0 radical (unpaired) electrons. The highest BCUT2D eigenvalue weighted by atomic mass is 16.3. The number of hydrogen-bond acceptors (Lipinski definition) is 3. The van der Waals surface area contributed by atoms with Crippen LogP contribution in [-0.2, 0) is 0 Å². The van der Waals surface area contributed by atoms with Crippen molar-refractivity contribution in [3.05, 3.63) is 42.2 Å². The molecular weight excluding hydrogens is 214 g/mol. The normalized spacial score (nSPS) is 10.8. The molecule has 1 aromatic heterocycles. The summed E-state index contributed by atoms with van der Waals surface area (Å²) in [5.74, 6) is 0.399. The molecule has 0 aliphatic carbocycles. The van der Waals surface area contributed by atoms with Gasteiger partial charge in [0.15, 0.2) is 0 Å². The zero-order chi connectivity index (χ0) is 12.4. The topological polar surface area (TPSA) is 53.4 Å². The van der Waals surface area contributed by atoms with Crippen molar-refractivity contribution in [2.24, 2.45) is 0 Å². The Morgan fingerprint density at radius 3 is 2.47 bits per heavy atom. The van der Waals surface area contributed by atoms with Crippen LogP contribution in [0.1, 0.15) is 25.3 Å². The fourth-order valence-electron chi connectivity index (χ4n) is 1.81. The van der Waals surface area contributed by atoms with Crippen LogP contribution in [0.25, 0.3) is 11.1 Å². The van der Waals surface area contributed by atoms with E-state index in [0.29, 0.717) is 5.56 Å². The summed E-state index contributed by atoms with van der Waals surface area (Å²) in [6.07, 6.45) is 3.38. The molecule has 1 aromatic carbocycles. The molecule has 0 atom stereocenters. The fourth-order valence-corrected chi connectivity index (χ4v) is 1.81. The van der Waals surface area contributed by atoms with Gasteiger partial charge in [-0.3, -0.25) is 4.98 Å². The molecule has 0 saturated carbocycles. The smallest absolute Gasteiger partial charge is 0.127 e. The van der Waals surface area contributed by atoms with Crippen molar-refractivity contribution in [1.29, 1.82) is 0 Å². The molecule has 0 amide bonds. The molecule has 88 valence electrons. The summed E-state index contributed by atoms with van der Waals surface area (Å²) < 4.78 is 0. The molecule has 2 N–H and O–H groups in total. The van der Waals surface area contributed by atoms with Crippen LogP contribution in [0, 0.1) is 0 Å². The third-order valence-electron chi connectivity index (χ3n) is 2.74. The van der Waals surface area contributed by atoms with Gasteiger partial charge in [0.1, 0.15) is 11.5 Å². The first-order valence-corrected chi connectivity index (χ1v) is 5.56. The number of pyridine rings is 1. The molecule has 0 aliphatic rings. The van der Waals surface area contributed by atoms with E-state index in [1.807, 2.05) is 32.0 Å². The maximum absolute atomic E-state index is 9.86. The summed E-state index contributed by atoms with van der Waals surface area (Å²) in [7, 11) is 0. The number of benzene rings is 1. The Bertz CT molecular complexity index is 521. The van der Waals surface area contributed by atoms with Crippen molar-refractivity contribution < 1.29 is 10.2 Å². The van der Waals surface area contributed by atoms with Crippen LogP contribution in [0.4, 0.5) is 0 Å². The minimum absolute atomic E-state index is 0.0694. The van der Waals surface area contributed by atoms with E-state index in [2.05, 4.69) is 4.98 Å². The van der Waals surface area contributed by atoms with Crippen molar-refractivity contribution in [3.8, 4) is 22.6 Å². The number of phenolic OH excluding ortho intramolecular Hbond substituents is 2. The minimum atomic E-state index is 0.0694. The van der Waals surface area contributed by atoms with Crippen LogP contribution in [-0.4, -0.2) is 15.2 Å². The highest BCUT2D eigenvalue weighted by molar-refractivity contribution is 5.72. The molecule has 17 heavy (non-hydrogen) atoms. The lowest BCUT2D eigenvalue weighted by molar-refractivity contribution is 0.445. The number of aromatic hydroxyl groups is 2. The average molecular weight is 229 g/mol. The van der Waals surface area contributed by atoms with Gasteiger partial charge in [-0.1, -0.05) is 19.9 Å². The van der Waals surface area contributed by atoms with Crippen LogP contribution in [0.3, 0.4) is 0 Å². The zero-order valence-electron chi connectivity index (χ0n) is 9.88. The van der Waals surface area contributed by atoms with Crippen LogP contribution >= 0.6 is 0 Å². The van der Waals surface area contributed by atoms with Crippen LogP contribution in [0.15, 0.2) is 36.7 Å². The summed E-state index contributed by atoms with van der Waals surface area (Å²) in [5, 5.41) is 19.6. The quantitative estimate of drug-likeness (QED) is 0.830. The second kappa shape index (κ2) is 4.45. The van der Waals surface area contributed by atoms with E-state index in [1.165, 1.54) is 6.07 Å². The highest BCUT2D eigenvalue weighted by Crippen LogP contribution is 2.37. The van der Waals surface area contributed by atoms with E-state index < -0.39 is 0 Å². The zero-order valence-corrected chi connectivity index (χ0v) is 9.88. The van der Waals surface area contributed by atoms with Crippen molar-refractivity contribution in [1.82, 2.24) is 4.98 Å². The lowest BCUT2D eigenvalue weighted by atomic mass is 9.96. The summed E-state index contributed by atoms with van der Waals surface area (Å²) in [4.78, 5) is 4.03. The van der Waals surface area contributed by atoms with Gasteiger partial charge in [-0.05, 0) is 23.6 Å². The van der Waals surface area contributed by atoms with Crippen molar-refractivity contribution >= 4 is 0 Å². The third-order valence-corrected chi connectivity index (χ3v) is 2.74. The number of aromatic nitrogens is 1. The Labute approximate surface area is 100 Å². The van der Waals surface area contributed by atoms with Gasteiger partial charge in [0.25, 0.3) is 0 Å². The van der Waals surface area contributed by atoms with Gasteiger partial charge in [0, 0.05) is 29.6 Å². The third kappa shape index (κ3) is 2.23. The Balaban J connectivity index is 2.59. The standard InChI is InChI=1S/C14H15NO2/c1-9(2)11-6-12(14(17)7-13(11)16)10-4-3-5-15-8-10/h3-9,16-17H,1-2H3. The largest absolute Gasteiger partial charge is 0.508 e. The molecular formula is C14H15NO2. The molecule has 3 nitrogen and oxygen atoms in total. The van der Waals surface area contributed by atoms with Gasteiger partial charge in [-0.15, -0.1) is 0 Å². The summed E-state index contributed by atoms with van der Waals surface area (Å²) in [6, 6.07) is 6.89. The number of nitrogens with zero attached hydrogens (tertiary/aromatic N) is 1. The van der Waals surface area contributed by atoms with Gasteiger partial charge < -0.3 is 10.2 Å². The molecule has 0 bridgehead atoms. The van der Waals surface area contributed by atoms with Gasteiger partial charge in [-0.2, -0.15) is 0 Å². The predicted molar refractivity (Wildman–Crippen MR) is 67.1 cm³/mol. The Morgan fingerprint density at radius 2 is 1.88 bits per heavy atom. The number of rotatable bonds is 2. The van der Waals surface area contributed by atoms with E-state index in [9.17, 15) is 10.2 Å². The summed E-state index contributed by atoms with van der Waals surface area (Å²) in [5.41, 5.74) is 2.35. The lowest BCUT2D eigenvalue weighted by Gasteiger charge is -2.12. The second-order valence-electron chi connectivity index (χ2n) is 4.32. The molecule has 0 fully saturated rings. The Kier molecular flexibility index (Phi) is 3.00. The SMILES string of the molecule is CC(C)c1cc(-c2cccnc2)c(O)cc1O. The Hall–Kier alpha value is -2.03. The maximum atomic E-state index is 9.86. The van der Waals surface area contributed by atoms with E-state index in [0.717, 1.165) is 11.1 Å². The molecule has 1 heterocycles.